The summed E-state index contributed by atoms with van der Waals surface area (Å²) < 4.78 is 6.22. The number of hydrogen-bond acceptors (Lipinski definition) is 8. The van der Waals surface area contributed by atoms with Gasteiger partial charge in [-0.05, 0) is 18.8 Å². The normalized spacial score (nSPS) is 23.2. The van der Waals surface area contributed by atoms with Gasteiger partial charge in [0.25, 0.3) is 5.91 Å². The maximum atomic E-state index is 13.0. The Morgan fingerprint density at radius 2 is 1.83 bits per heavy atom. The lowest BCUT2D eigenvalue weighted by molar-refractivity contribution is -0.164. The molecule has 0 radical (unpaired) electrons. The lowest BCUT2D eigenvalue weighted by atomic mass is 9.49. The highest BCUT2D eigenvalue weighted by molar-refractivity contribution is 6.31. The fourth-order valence-corrected chi connectivity index (χ4v) is 5.87. The van der Waals surface area contributed by atoms with Crippen molar-refractivity contribution in [3.8, 4) is 11.8 Å². The molecular weight excluding hydrogens is 468 g/mol. The van der Waals surface area contributed by atoms with Crippen LogP contribution in [0.5, 0.6) is 5.75 Å². The van der Waals surface area contributed by atoms with Crippen LogP contribution in [-0.4, -0.2) is 57.8 Å². The molecule has 186 valence electrons. The smallest absolute Gasteiger partial charge is 0.289 e. The van der Waals surface area contributed by atoms with Gasteiger partial charge in [0, 0.05) is 42.6 Å². The molecule has 1 amide bonds. The molecule has 0 spiro atoms. The van der Waals surface area contributed by atoms with Crippen molar-refractivity contribution < 1.29 is 14.6 Å². The molecule has 2 aromatic heterocycles. The maximum absolute atomic E-state index is 13.0. The van der Waals surface area contributed by atoms with Gasteiger partial charge in [0.1, 0.15) is 17.9 Å². The summed E-state index contributed by atoms with van der Waals surface area (Å²) in [5.74, 6) is 0.623. The van der Waals surface area contributed by atoms with Crippen molar-refractivity contribution in [3.05, 3.63) is 41.2 Å². The Kier molecular flexibility index (Phi) is 6.89. The lowest BCUT2D eigenvalue weighted by Crippen LogP contribution is -2.74. The summed E-state index contributed by atoms with van der Waals surface area (Å²) >= 11 is 6.11. The number of nitriles is 1. The molecule has 2 N–H and O–H groups in total. The molecule has 2 aliphatic rings. The number of carbonyl (C=O) groups excluding carboxylic acids is 1. The number of aliphatic hydroxyl groups excluding tert-OH is 1. The van der Waals surface area contributed by atoms with Gasteiger partial charge < -0.3 is 20.1 Å². The fraction of sp³-hybridized carbons (Fsp3) is 0.560. The van der Waals surface area contributed by atoms with Gasteiger partial charge in [-0.25, -0.2) is 15.0 Å². The second kappa shape index (κ2) is 9.59. The van der Waals surface area contributed by atoms with Crippen LogP contribution in [0.15, 0.2) is 24.7 Å². The number of aromatic nitrogens is 3. The van der Waals surface area contributed by atoms with Gasteiger partial charge in [0.05, 0.1) is 29.3 Å². The molecule has 35 heavy (non-hydrogen) atoms. The average Bonchev–Trinajstić information content (AvgIpc) is 2.85. The van der Waals surface area contributed by atoms with E-state index in [1.807, 2.05) is 33.8 Å². The molecule has 9 nitrogen and oxygen atoms in total. The molecule has 2 fully saturated rings. The van der Waals surface area contributed by atoms with E-state index in [2.05, 4.69) is 25.2 Å². The van der Waals surface area contributed by atoms with Gasteiger partial charge in [-0.15, -0.1) is 0 Å². The van der Waals surface area contributed by atoms with E-state index < -0.39 is 10.8 Å². The minimum Gasteiger partial charge on any atom is -0.487 e. The second-order valence-corrected chi connectivity index (χ2v) is 10.9. The first-order valence-corrected chi connectivity index (χ1v) is 12.2. The van der Waals surface area contributed by atoms with E-state index >= 15 is 0 Å². The number of nitrogens with zero attached hydrogens (tertiary/aromatic N) is 5. The lowest BCUT2D eigenvalue weighted by Gasteiger charge is -2.62. The standard InChI is InChI=1S/C25H31ClN6O3/c1-24(2)22(25(3,4)23(24)35-17-9-18(26)19(10-27)28-13-17)31-21(34)20-29-11-16(12-30-20)32-7-5-15(14-33)6-8-32/h9,11-13,15,22-23,33H,5-8,14H2,1-4H3,(H,31,34). The van der Waals surface area contributed by atoms with Gasteiger partial charge in [-0.2, -0.15) is 5.26 Å². The third-order valence-electron chi connectivity index (χ3n) is 7.37. The Morgan fingerprint density at radius 1 is 1.20 bits per heavy atom. The quantitative estimate of drug-likeness (QED) is 0.622. The third-order valence-corrected chi connectivity index (χ3v) is 7.66. The SMILES string of the molecule is CC1(C)C(NC(=O)c2ncc(N3CCC(CO)CC3)cn2)C(C)(C)C1Oc1cnc(C#N)c(Cl)c1. The van der Waals surface area contributed by atoms with E-state index in [1.165, 1.54) is 6.20 Å². The van der Waals surface area contributed by atoms with Gasteiger partial charge >= 0.3 is 0 Å². The number of rotatable bonds is 6. The largest absolute Gasteiger partial charge is 0.487 e. The predicted octanol–water partition coefficient (Wildman–Crippen LogP) is 3.22. The first kappa shape index (κ1) is 25.1. The van der Waals surface area contributed by atoms with Crippen molar-refractivity contribution in [1.29, 1.82) is 5.26 Å². The van der Waals surface area contributed by atoms with E-state index in [4.69, 9.17) is 21.6 Å². The highest BCUT2D eigenvalue weighted by Gasteiger charge is 2.64. The van der Waals surface area contributed by atoms with E-state index in [1.54, 1.807) is 18.5 Å². The third kappa shape index (κ3) is 4.78. The molecular formula is C25H31ClN6O3. The summed E-state index contributed by atoms with van der Waals surface area (Å²) in [4.78, 5) is 27.9. The molecule has 10 heteroatoms. The first-order chi connectivity index (χ1) is 16.6. The zero-order chi connectivity index (χ0) is 25.4. The van der Waals surface area contributed by atoms with Crippen molar-refractivity contribution in [1.82, 2.24) is 20.3 Å². The average molecular weight is 499 g/mol. The van der Waals surface area contributed by atoms with Crippen LogP contribution in [-0.2, 0) is 0 Å². The molecule has 2 aromatic rings. The number of halogens is 1. The molecule has 3 heterocycles. The van der Waals surface area contributed by atoms with Crippen LogP contribution in [0.4, 0.5) is 5.69 Å². The summed E-state index contributed by atoms with van der Waals surface area (Å²) in [5.41, 5.74) is 0.245. The molecule has 0 atom stereocenters. The first-order valence-electron chi connectivity index (χ1n) is 11.8. The van der Waals surface area contributed by atoms with Crippen molar-refractivity contribution in [2.75, 3.05) is 24.6 Å². The zero-order valence-corrected chi connectivity index (χ0v) is 21.2. The summed E-state index contributed by atoms with van der Waals surface area (Å²) in [6.45, 7) is 10.0. The van der Waals surface area contributed by atoms with Gasteiger partial charge in [-0.1, -0.05) is 39.3 Å². The monoisotopic (exact) mass is 498 g/mol. The van der Waals surface area contributed by atoms with E-state index in [-0.39, 0.29) is 41.2 Å². The van der Waals surface area contributed by atoms with Crippen molar-refractivity contribution in [2.24, 2.45) is 16.7 Å². The minimum atomic E-state index is -0.392. The van der Waals surface area contributed by atoms with Gasteiger partial charge in [-0.3, -0.25) is 4.79 Å². The highest BCUT2D eigenvalue weighted by atomic mass is 35.5. The Labute approximate surface area is 210 Å². The number of nitrogens with one attached hydrogen (secondary N) is 1. The number of carbonyl (C=O) groups is 1. The predicted molar refractivity (Wildman–Crippen MR) is 131 cm³/mol. The molecule has 4 rings (SSSR count). The van der Waals surface area contributed by atoms with Crippen LogP contribution >= 0.6 is 11.6 Å². The van der Waals surface area contributed by atoms with E-state index in [0.29, 0.717) is 11.7 Å². The number of piperidine rings is 1. The Balaban J connectivity index is 1.40. The molecule has 1 saturated carbocycles. The molecule has 1 aliphatic heterocycles. The molecule has 1 aliphatic carbocycles. The van der Waals surface area contributed by atoms with Crippen molar-refractivity contribution in [2.45, 2.75) is 52.7 Å². The van der Waals surface area contributed by atoms with Crippen LogP contribution in [0, 0.1) is 28.1 Å². The maximum Gasteiger partial charge on any atom is 0.289 e. The number of amides is 1. The number of ether oxygens (including phenoxy) is 1. The number of hydrogen-bond donors (Lipinski definition) is 2. The number of aliphatic hydroxyl groups is 1. The number of anilines is 1. The fourth-order valence-electron chi connectivity index (χ4n) is 5.67. The van der Waals surface area contributed by atoms with Gasteiger partial charge in [0.15, 0.2) is 5.69 Å². The van der Waals surface area contributed by atoms with E-state index in [9.17, 15) is 9.90 Å². The van der Waals surface area contributed by atoms with Gasteiger partial charge in [0.2, 0.25) is 5.82 Å². The topological polar surface area (TPSA) is 124 Å². The molecule has 1 saturated heterocycles. The second-order valence-electron chi connectivity index (χ2n) is 10.5. The van der Waals surface area contributed by atoms with Crippen LogP contribution in [0.2, 0.25) is 5.02 Å². The zero-order valence-electron chi connectivity index (χ0n) is 20.5. The highest BCUT2D eigenvalue weighted by Crippen LogP contribution is 2.55. The van der Waals surface area contributed by atoms with Crippen molar-refractivity contribution in [3.63, 3.8) is 0 Å². The van der Waals surface area contributed by atoms with Crippen LogP contribution in [0.3, 0.4) is 0 Å². The minimum absolute atomic E-state index is 0.123. The number of pyridine rings is 1. The Hall–Kier alpha value is -2.96. The molecule has 0 bridgehead atoms. The summed E-state index contributed by atoms with van der Waals surface area (Å²) in [6, 6.07) is 3.34. The van der Waals surface area contributed by atoms with Crippen LogP contribution in [0.1, 0.15) is 56.8 Å². The molecule has 0 aromatic carbocycles. The molecule has 0 unspecified atom stereocenters. The van der Waals surface area contributed by atoms with Crippen LogP contribution in [0.25, 0.3) is 0 Å². The Morgan fingerprint density at radius 3 is 2.37 bits per heavy atom. The van der Waals surface area contributed by atoms with E-state index in [0.717, 1.165) is 31.6 Å². The Bertz CT molecular complexity index is 1110. The van der Waals surface area contributed by atoms with Crippen molar-refractivity contribution >= 4 is 23.2 Å². The summed E-state index contributed by atoms with van der Waals surface area (Å²) in [6.07, 6.45) is 6.50. The summed E-state index contributed by atoms with van der Waals surface area (Å²) in [5, 5.41) is 21.7. The summed E-state index contributed by atoms with van der Waals surface area (Å²) in [7, 11) is 0. The van der Waals surface area contributed by atoms with Crippen LogP contribution < -0.4 is 15.0 Å².